The first-order valence-corrected chi connectivity index (χ1v) is 11.3. The Hall–Kier alpha value is -3.27. The number of pyridine rings is 1. The molecule has 0 unspecified atom stereocenters. The number of alkyl halides is 3. The quantitative estimate of drug-likeness (QED) is 0.343. The van der Waals surface area contributed by atoms with Crippen LogP contribution in [0.3, 0.4) is 0 Å². The smallest absolute Gasteiger partial charge is 0.378 e. The molecule has 2 aromatic carbocycles. The molecular formula is C24H23F3N4O2S. The lowest BCUT2D eigenvalue weighted by molar-refractivity contribution is -0.123. The molecule has 0 aliphatic carbocycles. The number of fused-ring (bicyclic) bond motifs is 1. The fraction of sp³-hybridized carbons (Fsp3) is 0.292. The minimum Gasteiger partial charge on any atom is -0.378 e. The van der Waals surface area contributed by atoms with E-state index < -0.39 is 23.0 Å². The lowest BCUT2D eigenvalue weighted by Crippen LogP contribution is -2.43. The Morgan fingerprint density at radius 2 is 1.71 bits per heavy atom. The zero-order valence-electron chi connectivity index (χ0n) is 19.1. The van der Waals surface area contributed by atoms with E-state index in [0.29, 0.717) is 0 Å². The van der Waals surface area contributed by atoms with Gasteiger partial charge in [0, 0.05) is 42.8 Å². The maximum absolute atomic E-state index is 13.4. The summed E-state index contributed by atoms with van der Waals surface area (Å²) in [7, 11) is 3.87. The highest BCUT2D eigenvalue weighted by Crippen LogP contribution is 2.39. The summed E-state index contributed by atoms with van der Waals surface area (Å²) in [4.78, 5) is 35.4. The Balaban J connectivity index is 1.64. The van der Waals surface area contributed by atoms with Gasteiger partial charge in [-0.05, 0) is 73.6 Å². The van der Waals surface area contributed by atoms with Crippen molar-refractivity contribution in [3.63, 3.8) is 0 Å². The lowest BCUT2D eigenvalue weighted by atomic mass is 10.0. The van der Waals surface area contributed by atoms with Crippen LogP contribution in [-0.4, -0.2) is 47.0 Å². The Labute approximate surface area is 199 Å². The number of nitrogens with zero attached hydrogens (tertiary/aromatic N) is 4. The minimum atomic E-state index is -4.42. The number of benzene rings is 2. The second-order valence-corrected chi connectivity index (χ2v) is 9.81. The van der Waals surface area contributed by atoms with Gasteiger partial charge >= 0.3 is 11.5 Å². The summed E-state index contributed by atoms with van der Waals surface area (Å²) in [6.45, 7) is 3.50. The van der Waals surface area contributed by atoms with E-state index in [1.807, 2.05) is 43.3 Å². The third-order valence-corrected chi connectivity index (χ3v) is 6.55. The molecule has 0 radical (unpaired) electrons. The molecule has 0 N–H and O–H groups in total. The molecule has 2 heterocycles. The average Bonchev–Trinajstić information content (AvgIpc) is 2.92. The second kappa shape index (κ2) is 8.50. The second-order valence-electron chi connectivity index (χ2n) is 8.68. The van der Waals surface area contributed by atoms with Crippen LogP contribution in [0.4, 0.5) is 29.3 Å². The summed E-state index contributed by atoms with van der Waals surface area (Å²) in [5.41, 5.74) is -2.73. The number of hydrogen-bond acceptors (Lipinski definition) is 5. The summed E-state index contributed by atoms with van der Waals surface area (Å²) in [6.07, 6.45) is 1.67. The van der Waals surface area contributed by atoms with Crippen LogP contribution >= 0.6 is 11.8 Å². The van der Waals surface area contributed by atoms with Crippen molar-refractivity contribution in [3.8, 4) is 0 Å². The highest BCUT2D eigenvalue weighted by Gasteiger charge is 2.51. The van der Waals surface area contributed by atoms with Gasteiger partial charge in [0.25, 0.3) is 5.91 Å². The monoisotopic (exact) mass is 488 g/mol. The number of carbonyl (C=O) groups excluding carboxylic acids is 2. The van der Waals surface area contributed by atoms with E-state index in [2.05, 4.69) is 4.98 Å². The molecule has 3 amide bonds. The SMILES string of the molecule is CN(C)c1ccc2c(CN3C(=O)N(c4ccc(SC(F)(F)F)cc4)C(=O)C3(C)C)ccnc2c1. The molecule has 6 nitrogen and oxygen atoms in total. The van der Waals surface area contributed by atoms with Gasteiger partial charge in [-0.25, -0.2) is 9.69 Å². The standard InChI is InChI=1S/C24H23F3N4O2S/c1-23(2)21(32)31(16-5-8-18(9-6-16)34-24(25,26)27)22(33)30(23)14-15-11-12-28-20-13-17(29(3)4)7-10-19(15)20/h5-13H,14H2,1-4H3. The number of anilines is 2. The number of urea groups is 1. The number of thioether (sulfide) groups is 1. The zero-order chi connectivity index (χ0) is 24.8. The average molecular weight is 489 g/mol. The molecule has 0 bridgehead atoms. The molecule has 1 aliphatic rings. The molecule has 1 fully saturated rings. The predicted molar refractivity (Wildman–Crippen MR) is 127 cm³/mol. The van der Waals surface area contributed by atoms with Crippen molar-refractivity contribution in [2.45, 2.75) is 36.3 Å². The number of amides is 3. The molecule has 3 aromatic rings. The molecule has 4 rings (SSSR count). The normalized spacial score (nSPS) is 16.0. The van der Waals surface area contributed by atoms with Gasteiger partial charge in [-0.1, -0.05) is 6.07 Å². The van der Waals surface area contributed by atoms with Crippen molar-refractivity contribution in [3.05, 3.63) is 60.3 Å². The Morgan fingerprint density at radius 1 is 1.03 bits per heavy atom. The number of imide groups is 1. The Bertz CT molecular complexity index is 1260. The van der Waals surface area contributed by atoms with Crippen molar-refractivity contribution in [1.29, 1.82) is 0 Å². The number of rotatable bonds is 5. The van der Waals surface area contributed by atoms with Crippen LogP contribution in [-0.2, 0) is 11.3 Å². The summed E-state index contributed by atoms with van der Waals surface area (Å²) >= 11 is -0.248. The molecule has 0 spiro atoms. The number of aromatic nitrogens is 1. The third kappa shape index (κ3) is 4.42. The van der Waals surface area contributed by atoms with E-state index in [4.69, 9.17) is 0 Å². The van der Waals surface area contributed by atoms with Crippen molar-refractivity contribution in [1.82, 2.24) is 9.88 Å². The summed E-state index contributed by atoms with van der Waals surface area (Å²) < 4.78 is 37.9. The molecule has 1 aromatic heterocycles. The van der Waals surface area contributed by atoms with Crippen molar-refractivity contribution >= 4 is 46.0 Å². The molecule has 10 heteroatoms. The molecule has 1 saturated heterocycles. The topological polar surface area (TPSA) is 56.8 Å². The molecule has 178 valence electrons. The highest BCUT2D eigenvalue weighted by atomic mass is 32.2. The van der Waals surface area contributed by atoms with E-state index in [-0.39, 0.29) is 28.9 Å². The molecule has 0 saturated carbocycles. The summed E-state index contributed by atoms with van der Waals surface area (Å²) in [5.74, 6) is -0.443. The van der Waals surface area contributed by atoms with Crippen LogP contribution in [0.2, 0.25) is 0 Å². The first-order valence-electron chi connectivity index (χ1n) is 10.5. The van der Waals surface area contributed by atoms with Crippen LogP contribution in [0.1, 0.15) is 19.4 Å². The van der Waals surface area contributed by atoms with Crippen molar-refractivity contribution < 1.29 is 22.8 Å². The molecule has 34 heavy (non-hydrogen) atoms. The van der Waals surface area contributed by atoms with Crippen molar-refractivity contribution in [2.24, 2.45) is 0 Å². The maximum Gasteiger partial charge on any atom is 0.446 e. The van der Waals surface area contributed by atoms with Crippen LogP contribution in [0.15, 0.2) is 59.6 Å². The predicted octanol–water partition coefficient (Wildman–Crippen LogP) is 5.66. The number of halogens is 3. The fourth-order valence-electron chi connectivity index (χ4n) is 3.91. The minimum absolute atomic E-state index is 0.0215. The fourth-order valence-corrected chi connectivity index (χ4v) is 4.45. The first-order chi connectivity index (χ1) is 15.9. The first kappa shape index (κ1) is 23.9. The number of carbonyl (C=O) groups is 2. The lowest BCUT2D eigenvalue weighted by Gasteiger charge is -2.28. The van der Waals surface area contributed by atoms with E-state index in [1.54, 1.807) is 20.0 Å². The Kier molecular flexibility index (Phi) is 5.97. The van der Waals surface area contributed by atoms with Crippen LogP contribution in [0.25, 0.3) is 10.9 Å². The molecule has 1 aliphatic heterocycles. The molecular weight excluding hydrogens is 465 g/mol. The van der Waals surface area contributed by atoms with Crippen LogP contribution in [0, 0.1) is 0 Å². The van der Waals surface area contributed by atoms with E-state index in [0.717, 1.165) is 27.1 Å². The van der Waals surface area contributed by atoms with E-state index in [1.165, 1.54) is 29.2 Å². The summed E-state index contributed by atoms with van der Waals surface area (Å²) in [6, 6.07) is 12.4. The van der Waals surface area contributed by atoms with E-state index >= 15 is 0 Å². The maximum atomic E-state index is 13.4. The third-order valence-electron chi connectivity index (χ3n) is 5.81. The van der Waals surface area contributed by atoms with Crippen LogP contribution in [0.5, 0.6) is 0 Å². The number of hydrogen-bond donors (Lipinski definition) is 0. The van der Waals surface area contributed by atoms with Gasteiger partial charge in [0.1, 0.15) is 5.54 Å². The van der Waals surface area contributed by atoms with Gasteiger partial charge in [-0.2, -0.15) is 13.2 Å². The van der Waals surface area contributed by atoms with Gasteiger partial charge in [-0.3, -0.25) is 9.78 Å². The van der Waals surface area contributed by atoms with Crippen LogP contribution < -0.4 is 9.80 Å². The summed E-state index contributed by atoms with van der Waals surface area (Å²) in [5, 5.41) is 0.871. The molecule has 0 atom stereocenters. The van der Waals surface area contributed by atoms with Gasteiger partial charge in [0.05, 0.1) is 11.2 Å². The van der Waals surface area contributed by atoms with Gasteiger partial charge < -0.3 is 9.80 Å². The van der Waals surface area contributed by atoms with Gasteiger partial charge in [0.2, 0.25) is 0 Å². The largest absolute Gasteiger partial charge is 0.446 e. The van der Waals surface area contributed by atoms with Gasteiger partial charge in [-0.15, -0.1) is 0 Å². The highest BCUT2D eigenvalue weighted by molar-refractivity contribution is 8.00. The van der Waals surface area contributed by atoms with Gasteiger partial charge in [0.15, 0.2) is 0 Å². The zero-order valence-corrected chi connectivity index (χ0v) is 19.9. The van der Waals surface area contributed by atoms with E-state index in [9.17, 15) is 22.8 Å². The van der Waals surface area contributed by atoms with Crippen molar-refractivity contribution in [2.75, 3.05) is 23.9 Å². The Morgan fingerprint density at radius 3 is 2.32 bits per heavy atom.